The van der Waals surface area contributed by atoms with E-state index in [9.17, 15) is 4.79 Å². The molecule has 0 aliphatic heterocycles. The molecule has 1 amide bonds. The van der Waals surface area contributed by atoms with Gasteiger partial charge >= 0.3 is 6.09 Å². The lowest BCUT2D eigenvalue weighted by Gasteiger charge is -2.22. The van der Waals surface area contributed by atoms with Crippen LogP contribution in [0, 0.1) is 0 Å². The lowest BCUT2D eigenvalue weighted by molar-refractivity contribution is 0.158. The van der Waals surface area contributed by atoms with Crippen LogP contribution in [-0.4, -0.2) is 25.9 Å². The quantitative estimate of drug-likeness (QED) is 0.811. The van der Waals surface area contributed by atoms with Gasteiger partial charge in [0.05, 0.1) is 13.2 Å². The number of ether oxygens (including phenoxy) is 2. The summed E-state index contributed by atoms with van der Waals surface area (Å²) in [5.41, 5.74) is 0.799. The van der Waals surface area contributed by atoms with Crippen LogP contribution < -0.4 is 9.64 Å². The molecule has 0 aromatic heterocycles. The topological polar surface area (TPSA) is 38.8 Å². The summed E-state index contributed by atoms with van der Waals surface area (Å²) >= 11 is 0. The Balaban J connectivity index is 1.98. The average molecular weight is 285 g/mol. The average Bonchev–Trinajstić information content (AvgIpc) is 2.53. The van der Waals surface area contributed by atoms with Crippen molar-refractivity contribution in [2.24, 2.45) is 0 Å². The van der Waals surface area contributed by atoms with Crippen molar-refractivity contribution in [3.05, 3.63) is 60.7 Å². The van der Waals surface area contributed by atoms with Gasteiger partial charge in [0.2, 0.25) is 0 Å². The van der Waals surface area contributed by atoms with E-state index in [2.05, 4.69) is 0 Å². The van der Waals surface area contributed by atoms with Gasteiger partial charge in [0.25, 0.3) is 0 Å². The van der Waals surface area contributed by atoms with Crippen molar-refractivity contribution in [3.63, 3.8) is 0 Å². The van der Waals surface area contributed by atoms with Gasteiger partial charge in [-0.3, -0.25) is 4.90 Å². The zero-order chi connectivity index (χ0) is 14.9. The second-order valence-corrected chi connectivity index (χ2v) is 4.35. The van der Waals surface area contributed by atoms with Crippen LogP contribution in [0.5, 0.6) is 5.75 Å². The highest BCUT2D eigenvalue weighted by atomic mass is 16.6. The number of hydrogen-bond donors (Lipinski definition) is 0. The van der Waals surface area contributed by atoms with E-state index in [0.29, 0.717) is 19.8 Å². The second kappa shape index (κ2) is 7.94. The maximum absolute atomic E-state index is 12.0. The third-order valence-corrected chi connectivity index (χ3v) is 2.88. The molecule has 2 aromatic carbocycles. The number of anilines is 1. The monoisotopic (exact) mass is 285 g/mol. The Hall–Kier alpha value is -2.49. The van der Waals surface area contributed by atoms with Crippen molar-refractivity contribution in [2.75, 3.05) is 24.7 Å². The predicted octanol–water partition coefficient (Wildman–Crippen LogP) is 3.73. The SMILES string of the molecule is CCOC(=O)N(CCOc1ccccc1)c1ccccc1. The van der Waals surface area contributed by atoms with Crippen LogP contribution >= 0.6 is 0 Å². The maximum atomic E-state index is 12.0. The minimum atomic E-state index is -0.361. The third-order valence-electron chi connectivity index (χ3n) is 2.88. The molecule has 0 unspecified atom stereocenters. The largest absolute Gasteiger partial charge is 0.492 e. The Morgan fingerprint density at radius 2 is 1.62 bits per heavy atom. The molecule has 21 heavy (non-hydrogen) atoms. The van der Waals surface area contributed by atoms with E-state index in [4.69, 9.17) is 9.47 Å². The van der Waals surface area contributed by atoms with Crippen molar-refractivity contribution in [3.8, 4) is 5.75 Å². The first-order valence-electron chi connectivity index (χ1n) is 6.98. The summed E-state index contributed by atoms with van der Waals surface area (Å²) < 4.78 is 10.7. The molecule has 2 aromatic rings. The van der Waals surface area contributed by atoms with Crippen molar-refractivity contribution in [2.45, 2.75) is 6.92 Å². The van der Waals surface area contributed by atoms with E-state index in [1.807, 2.05) is 60.7 Å². The molecule has 0 bridgehead atoms. The van der Waals surface area contributed by atoms with Crippen molar-refractivity contribution in [1.29, 1.82) is 0 Å². The summed E-state index contributed by atoms with van der Waals surface area (Å²) in [6.45, 7) is 2.97. The van der Waals surface area contributed by atoms with Crippen LogP contribution in [0.25, 0.3) is 0 Å². The molecule has 0 radical (unpaired) electrons. The summed E-state index contributed by atoms with van der Waals surface area (Å²) in [6, 6.07) is 19.0. The summed E-state index contributed by atoms with van der Waals surface area (Å²) in [5.74, 6) is 0.786. The molecule has 0 aliphatic rings. The van der Waals surface area contributed by atoms with Crippen LogP contribution in [0.3, 0.4) is 0 Å². The first-order chi connectivity index (χ1) is 10.3. The lowest BCUT2D eigenvalue weighted by Crippen LogP contribution is -2.35. The van der Waals surface area contributed by atoms with E-state index in [0.717, 1.165) is 11.4 Å². The standard InChI is InChI=1S/C17H19NO3/c1-2-20-17(19)18(15-9-5-3-6-10-15)13-14-21-16-11-7-4-8-12-16/h3-12H,2,13-14H2,1H3. The van der Waals surface area contributed by atoms with E-state index in [-0.39, 0.29) is 6.09 Å². The Morgan fingerprint density at radius 3 is 2.24 bits per heavy atom. The second-order valence-electron chi connectivity index (χ2n) is 4.35. The molecule has 0 saturated heterocycles. The lowest BCUT2D eigenvalue weighted by atomic mass is 10.3. The molecule has 0 atom stereocenters. The Labute approximate surface area is 124 Å². The molecule has 110 valence electrons. The zero-order valence-electron chi connectivity index (χ0n) is 12.1. The molecule has 0 N–H and O–H groups in total. The molecular formula is C17H19NO3. The van der Waals surface area contributed by atoms with Gasteiger partial charge in [-0.2, -0.15) is 0 Å². The molecule has 0 saturated carbocycles. The minimum absolute atomic E-state index is 0.349. The molecule has 2 rings (SSSR count). The summed E-state index contributed by atoms with van der Waals surface area (Å²) in [5, 5.41) is 0. The van der Waals surface area contributed by atoms with Gasteiger partial charge < -0.3 is 9.47 Å². The molecule has 4 nitrogen and oxygen atoms in total. The van der Waals surface area contributed by atoms with Gasteiger partial charge in [0, 0.05) is 5.69 Å². The molecule has 4 heteroatoms. The Morgan fingerprint density at radius 1 is 1.00 bits per heavy atom. The van der Waals surface area contributed by atoms with Crippen molar-refractivity contribution < 1.29 is 14.3 Å². The molecule has 0 fully saturated rings. The van der Waals surface area contributed by atoms with Crippen molar-refractivity contribution in [1.82, 2.24) is 0 Å². The van der Waals surface area contributed by atoms with E-state index in [1.165, 1.54) is 0 Å². The van der Waals surface area contributed by atoms with Crippen LogP contribution in [0.1, 0.15) is 6.92 Å². The molecule has 0 spiro atoms. The van der Waals surface area contributed by atoms with Crippen LogP contribution in [-0.2, 0) is 4.74 Å². The van der Waals surface area contributed by atoms with Gasteiger partial charge in [-0.15, -0.1) is 0 Å². The molecule has 0 heterocycles. The predicted molar refractivity (Wildman–Crippen MR) is 82.7 cm³/mol. The molecule has 0 aliphatic carbocycles. The van der Waals surface area contributed by atoms with Gasteiger partial charge in [0.15, 0.2) is 0 Å². The van der Waals surface area contributed by atoms with E-state index < -0.39 is 0 Å². The van der Waals surface area contributed by atoms with Crippen LogP contribution in [0.2, 0.25) is 0 Å². The summed E-state index contributed by atoms with van der Waals surface area (Å²) in [4.78, 5) is 13.6. The number of amides is 1. The van der Waals surface area contributed by atoms with Crippen molar-refractivity contribution >= 4 is 11.8 Å². The van der Waals surface area contributed by atoms with Crippen LogP contribution in [0.15, 0.2) is 60.7 Å². The normalized spacial score (nSPS) is 9.95. The Bertz CT molecular complexity index is 542. The number of hydrogen-bond acceptors (Lipinski definition) is 3. The van der Waals surface area contributed by atoms with Gasteiger partial charge in [-0.1, -0.05) is 36.4 Å². The number of benzene rings is 2. The fourth-order valence-electron chi connectivity index (χ4n) is 1.91. The van der Waals surface area contributed by atoms with E-state index >= 15 is 0 Å². The fourth-order valence-corrected chi connectivity index (χ4v) is 1.91. The fraction of sp³-hybridized carbons (Fsp3) is 0.235. The Kier molecular flexibility index (Phi) is 5.64. The minimum Gasteiger partial charge on any atom is -0.492 e. The highest BCUT2D eigenvalue weighted by Crippen LogP contribution is 2.15. The summed E-state index contributed by atoms with van der Waals surface area (Å²) in [7, 11) is 0. The number of carbonyl (C=O) groups is 1. The van der Waals surface area contributed by atoms with Gasteiger partial charge in [0.1, 0.15) is 12.4 Å². The highest BCUT2D eigenvalue weighted by molar-refractivity contribution is 5.87. The number of rotatable bonds is 6. The number of para-hydroxylation sites is 2. The zero-order valence-corrected chi connectivity index (χ0v) is 12.1. The summed E-state index contributed by atoms with van der Waals surface area (Å²) in [6.07, 6.45) is -0.361. The highest BCUT2D eigenvalue weighted by Gasteiger charge is 2.16. The maximum Gasteiger partial charge on any atom is 0.414 e. The first-order valence-corrected chi connectivity index (χ1v) is 6.98. The first kappa shape index (κ1) is 14.9. The van der Waals surface area contributed by atoms with Gasteiger partial charge in [-0.05, 0) is 31.2 Å². The van der Waals surface area contributed by atoms with Crippen LogP contribution in [0.4, 0.5) is 10.5 Å². The number of carbonyl (C=O) groups excluding carboxylic acids is 1. The third kappa shape index (κ3) is 4.53. The van der Waals surface area contributed by atoms with E-state index in [1.54, 1.807) is 11.8 Å². The smallest absolute Gasteiger partial charge is 0.414 e. The number of nitrogens with zero attached hydrogens (tertiary/aromatic N) is 1. The van der Waals surface area contributed by atoms with Gasteiger partial charge in [-0.25, -0.2) is 4.79 Å². The molecular weight excluding hydrogens is 266 g/mol.